The van der Waals surface area contributed by atoms with Gasteiger partial charge in [-0.15, -0.1) is 0 Å². The monoisotopic (exact) mass is 88.0 g/mol. The summed E-state index contributed by atoms with van der Waals surface area (Å²) in [4.78, 5) is 0. The van der Waals surface area contributed by atoms with Crippen molar-refractivity contribution >= 4 is 0 Å². The summed E-state index contributed by atoms with van der Waals surface area (Å²) in [6.45, 7) is 0. The van der Waals surface area contributed by atoms with Gasteiger partial charge in [-0.05, 0) is 0 Å². The predicted molar refractivity (Wildman–Crippen MR) is 15.5 cm³/mol. The molecular formula is C3HN2Na. The maximum Gasteiger partial charge on any atom is 1.00 e. The molecule has 0 radical (unpaired) electrons. The molecule has 0 bridgehead atoms. The van der Waals surface area contributed by atoms with Crippen LogP contribution in [-0.4, -0.2) is 0 Å². The number of hydrogen-bond donors (Lipinski definition) is 0. The molecule has 0 saturated carbocycles. The fourth-order valence-corrected chi connectivity index (χ4v) is 0.0289. The summed E-state index contributed by atoms with van der Waals surface area (Å²) >= 11 is 0. The second kappa shape index (κ2) is 8.85. The van der Waals surface area contributed by atoms with Crippen LogP contribution in [0.25, 0.3) is 0 Å². The summed E-state index contributed by atoms with van der Waals surface area (Å²) in [5, 5.41) is 15.1. The van der Waals surface area contributed by atoms with Crippen LogP contribution < -0.4 is 29.6 Å². The molecule has 0 aliphatic carbocycles. The summed E-state index contributed by atoms with van der Waals surface area (Å²) in [7, 11) is 0. The first-order chi connectivity index (χ1) is 2.41. The zero-order valence-electron chi connectivity index (χ0n) is 3.47. The van der Waals surface area contributed by atoms with Crippen molar-refractivity contribution in [3.05, 3.63) is 6.42 Å². The summed E-state index contributed by atoms with van der Waals surface area (Å²) < 4.78 is 0. The number of hydrogen-bond acceptors (Lipinski definition) is 2. The minimum absolute atomic E-state index is 0. The third-order valence-electron chi connectivity index (χ3n) is 0.129. The van der Waals surface area contributed by atoms with Crippen LogP contribution in [0.1, 0.15) is 0 Å². The molecule has 0 amide bonds. The molecule has 0 N–H and O–H groups in total. The van der Waals surface area contributed by atoms with Crippen LogP contribution in [0.15, 0.2) is 0 Å². The van der Waals surface area contributed by atoms with Crippen LogP contribution in [0.3, 0.4) is 0 Å². The Hall–Kier alpha value is -0.150. The molecule has 3 heteroatoms. The van der Waals surface area contributed by atoms with Crippen molar-refractivity contribution in [1.29, 1.82) is 10.5 Å². The van der Waals surface area contributed by atoms with Gasteiger partial charge in [-0.3, -0.25) is 0 Å². The Bertz CT molecular complexity index is 73.9. The first-order valence-corrected chi connectivity index (χ1v) is 1.02. The van der Waals surface area contributed by atoms with E-state index < -0.39 is 0 Å². The van der Waals surface area contributed by atoms with Gasteiger partial charge >= 0.3 is 29.6 Å². The van der Waals surface area contributed by atoms with Crippen LogP contribution in [0, 0.1) is 29.1 Å². The van der Waals surface area contributed by atoms with E-state index in [-0.39, 0.29) is 29.6 Å². The molecule has 0 fully saturated rings. The third-order valence-corrected chi connectivity index (χ3v) is 0.129. The Morgan fingerprint density at radius 2 is 1.50 bits per heavy atom. The van der Waals surface area contributed by atoms with Gasteiger partial charge in [-0.2, -0.15) is 6.42 Å². The molecule has 0 atom stereocenters. The van der Waals surface area contributed by atoms with E-state index in [0.29, 0.717) is 0 Å². The largest absolute Gasteiger partial charge is 1.00 e. The average molecular weight is 88.0 g/mol. The van der Waals surface area contributed by atoms with Gasteiger partial charge in [0.25, 0.3) is 0 Å². The van der Waals surface area contributed by atoms with Crippen LogP contribution in [0.4, 0.5) is 0 Å². The molecule has 0 spiro atoms. The van der Waals surface area contributed by atoms with Crippen LogP contribution in [0.5, 0.6) is 0 Å². The van der Waals surface area contributed by atoms with Crippen LogP contribution in [-0.2, 0) is 0 Å². The van der Waals surface area contributed by atoms with Crippen molar-refractivity contribution in [2.45, 2.75) is 0 Å². The summed E-state index contributed by atoms with van der Waals surface area (Å²) in [6, 6.07) is 3.06. The predicted octanol–water partition coefficient (Wildman–Crippen LogP) is -2.76. The van der Waals surface area contributed by atoms with Gasteiger partial charge in [0.1, 0.15) is 0 Å². The fourth-order valence-electron chi connectivity index (χ4n) is 0.0289. The van der Waals surface area contributed by atoms with Crippen molar-refractivity contribution in [1.82, 2.24) is 0 Å². The molecule has 0 rings (SSSR count). The van der Waals surface area contributed by atoms with Crippen LogP contribution >= 0.6 is 0 Å². The fraction of sp³-hybridized carbons (Fsp3) is 0. The minimum atomic E-state index is 0. The van der Waals surface area contributed by atoms with Gasteiger partial charge in [0.2, 0.25) is 0 Å². The number of nitrogens with zero attached hydrogens (tertiary/aromatic N) is 2. The molecular weight excluding hydrogens is 87.0 g/mol. The van der Waals surface area contributed by atoms with Gasteiger partial charge in [-0.1, -0.05) is 12.1 Å². The quantitative estimate of drug-likeness (QED) is 0.238. The van der Waals surface area contributed by atoms with Crippen molar-refractivity contribution in [2.24, 2.45) is 0 Å². The van der Waals surface area contributed by atoms with Crippen molar-refractivity contribution in [3.8, 4) is 12.1 Å². The first-order valence-electron chi connectivity index (χ1n) is 1.02. The Balaban J connectivity index is 0. The zero-order chi connectivity index (χ0) is 4.12. The molecule has 2 nitrogen and oxygen atoms in total. The summed E-state index contributed by atoms with van der Waals surface area (Å²) in [5.74, 6) is 0. The minimum Gasteiger partial charge on any atom is -0.233 e. The summed E-state index contributed by atoms with van der Waals surface area (Å²) in [5.41, 5.74) is 0. The van der Waals surface area contributed by atoms with Crippen molar-refractivity contribution in [2.75, 3.05) is 0 Å². The van der Waals surface area contributed by atoms with E-state index in [1.54, 1.807) is 0 Å². The topological polar surface area (TPSA) is 47.6 Å². The Morgan fingerprint density at radius 3 is 1.50 bits per heavy atom. The van der Waals surface area contributed by atoms with E-state index in [0.717, 1.165) is 6.42 Å². The normalized spacial score (nSPS) is 3.00. The second-order valence-electron chi connectivity index (χ2n) is 0.403. The van der Waals surface area contributed by atoms with Crippen LogP contribution in [0.2, 0.25) is 0 Å². The Kier molecular flexibility index (Phi) is 13.7. The van der Waals surface area contributed by atoms with Crippen molar-refractivity contribution < 1.29 is 29.6 Å². The molecule has 0 aliphatic heterocycles. The zero-order valence-corrected chi connectivity index (χ0v) is 5.47. The smallest absolute Gasteiger partial charge is 0.233 e. The maximum atomic E-state index is 7.54. The van der Waals surface area contributed by atoms with Gasteiger partial charge in [0.15, 0.2) is 0 Å². The third kappa shape index (κ3) is 9.14. The molecule has 0 heterocycles. The number of nitriles is 2. The maximum absolute atomic E-state index is 7.54. The van der Waals surface area contributed by atoms with E-state index in [1.807, 2.05) is 0 Å². The van der Waals surface area contributed by atoms with Gasteiger partial charge < -0.3 is 0 Å². The molecule has 0 aromatic carbocycles. The van der Waals surface area contributed by atoms with E-state index in [2.05, 4.69) is 0 Å². The van der Waals surface area contributed by atoms with Gasteiger partial charge in [0, 0.05) is 0 Å². The average Bonchev–Trinajstić information content (AvgIpc) is 1.41. The molecule has 24 valence electrons. The van der Waals surface area contributed by atoms with Crippen molar-refractivity contribution in [3.63, 3.8) is 0 Å². The van der Waals surface area contributed by atoms with E-state index in [9.17, 15) is 0 Å². The first kappa shape index (κ1) is 9.28. The number of rotatable bonds is 0. The molecule has 0 aromatic rings. The summed E-state index contributed by atoms with van der Waals surface area (Å²) in [6.07, 6.45) is 0.861. The van der Waals surface area contributed by atoms with Gasteiger partial charge in [0.05, 0.1) is 0 Å². The van der Waals surface area contributed by atoms with E-state index in [4.69, 9.17) is 10.5 Å². The standard InChI is InChI=1S/C3HN2.Na/c4-2-1-3-5;/h1H;/q-1;+1. The molecule has 0 unspecified atom stereocenters. The SMILES string of the molecule is N#C[CH-]C#N.[Na+]. The molecule has 0 aliphatic rings. The molecule has 0 aromatic heterocycles. The molecule has 6 heavy (non-hydrogen) atoms. The van der Waals surface area contributed by atoms with Gasteiger partial charge in [-0.25, -0.2) is 10.5 Å². The Labute approximate surface area is 58.7 Å². The molecule has 0 saturated heterocycles. The van der Waals surface area contributed by atoms with E-state index in [1.165, 1.54) is 12.1 Å². The Morgan fingerprint density at radius 1 is 1.17 bits per heavy atom. The second-order valence-corrected chi connectivity index (χ2v) is 0.403. The van der Waals surface area contributed by atoms with E-state index >= 15 is 0 Å².